The van der Waals surface area contributed by atoms with Crippen molar-refractivity contribution in [2.75, 3.05) is 17.3 Å². The third-order valence-corrected chi connectivity index (χ3v) is 6.54. The molecule has 0 saturated heterocycles. The zero-order valence-corrected chi connectivity index (χ0v) is 19.1. The number of non-ortho nitro benzene ring substituents is 1. The summed E-state index contributed by atoms with van der Waals surface area (Å²) >= 11 is 0. The van der Waals surface area contributed by atoms with Gasteiger partial charge in [0, 0.05) is 34.3 Å². The summed E-state index contributed by atoms with van der Waals surface area (Å²) in [4.78, 5) is 13.6. The van der Waals surface area contributed by atoms with Gasteiger partial charge >= 0.3 is 0 Å². The standard InChI is InChI=1S/C23H21N5O5S/c1-15-18(17-7-3-4-8-19(17)25-15)14-24-26-21-12-11-16(28(29)30)13-23(21)34(31,32)27-20-9-5-6-10-22(20)33-2/h3-14,25-27H,1-2H3/b24-14-. The fraction of sp³-hybridized carbons (Fsp3) is 0.0870. The highest BCUT2D eigenvalue weighted by atomic mass is 32.2. The molecule has 0 atom stereocenters. The summed E-state index contributed by atoms with van der Waals surface area (Å²) in [5.74, 6) is 0.304. The van der Waals surface area contributed by atoms with E-state index in [0.717, 1.165) is 28.2 Å². The second-order valence-electron chi connectivity index (χ2n) is 7.32. The third kappa shape index (κ3) is 4.55. The highest BCUT2D eigenvalue weighted by molar-refractivity contribution is 7.93. The molecule has 0 aliphatic heterocycles. The SMILES string of the molecule is COc1ccccc1NS(=O)(=O)c1cc([N+](=O)[O-])ccc1N/N=C\c1c(C)[nH]c2ccccc12. The van der Waals surface area contributed by atoms with Gasteiger partial charge in [0.1, 0.15) is 10.6 Å². The van der Waals surface area contributed by atoms with Crippen molar-refractivity contribution in [1.82, 2.24) is 4.98 Å². The second-order valence-corrected chi connectivity index (χ2v) is 8.97. The summed E-state index contributed by atoms with van der Waals surface area (Å²) in [5, 5.41) is 16.5. The van der Waals surface area contributed by atoms with E-state index in [2.05, 4.69) is 20.2 Å². The third-order valence-electron chi connectivity index (χ3n) is 5.14. The summed E-state index contributed by atoms with van der Waals surface area (Å²) in [6.45, 7) is 1.90. The number of benzene rings is 3. The van der Waals surface area contributed by atoms with Crippen LogP contribution in [0.25, 0.3) is 10.9 Å². The minimum atomic E-state index is -4.24. The number of rotatable bonds is 8. The highest BCUT2D eigenvalue weighted by Crippen LogP contribution is 2.31. The molecule has 34 heavy (non-hydrogen) atoms. The van der Waals surface area contributed by atoms with Crippen LogP contribution < -0.4 is 14.9 Å². The fourth-order valence-corrected chi connectivity index (χ4v) is 4.75. The lowest BCUT2D eigenvalue weighted by Crippen LogP contribution is -2.15. The first-order chi connectivity index (χ1) is 16.3. The van der Waals surface area contributed by atoms with Crippen LogP contribution in [0.3, 0.4) is 0 Å². The van der Waals surface area contributed by atoms with E-state index in [1.165, 1.54) is 25.3 Å². The van der Waals surface area contributed by atoms with Crippen LogP contribution in [0, 0.1) is 17.0 Å². The number of H-pyrrole nitrogens is 1. The fourth-order valence-electron chi connectivity index (χ4n) is 3.50. The molecule has 4 rings (SSSR count). The number of nitrogens with zero attached hydrogens (tertiary/aromatic N) is 2. The predicted octanol–water partition coefficient (Wildman–Crippen LogP) is 4.64. The number of ether oxygens (including phenoxy) is 1. The molecule has 11 heteroatoms. The van der Waals surface area contributed by atoms with Crippen LogP contribution in [0.4, 0.5) is 17.1 Å². The number of methoxy groups -OCH3 is 1. The van der Waals surface area contributed by atoms with Crippen LogP contribution in [0.1, 0.15) is 11.3 Å². The lowest BCUT2D eigenvalue weighted by molar-refractivity contribution is -0.385. The molecule has 0 amide bonds. The van der Waals surface area contributed by atoms with E-state index >= 15 is 0 Å². The Morgan fingerprint density at radius 3 is 2.56 bits per heavy atom. The minimum absolute atomic E-state index is 0.0711. The summed E-state index contributed by atoms with van der Waals surface area (Å²) < 4.78 is 34.0. The number of anilines is 2. The lowest BCUT2D eigenvalue weighted by atomic mass is 10.1. The Balaban J connectivity index is 1.70. The molecule has 4 aromatic rings. The van der Waals surface area contributed by atoms with E-state index in [-0.39, 0.29) is 22.0 Å². The molecular formula is C23H21N5O5S. The number of aromatic nitrogens is 1. The number of aryl methyl sites for hydroxylation is 1. The minimum Gasteiger partial charge on any atom is -0.495 e. The molecule has 174 valence electrons. The van der Waals surface area contributed by atoms with Gasteiger partial charge in [0.25, 0.3) is 15.7 Å². The Morgan fingerprint density at radius 2 is 1.79 bits per heavy atom. The number of nitrogens with one attached hydrogen (secondary N) is 3. The van der Waals surface area contributed by atoms with Crippen molar-refractivity contribution in [2.24, 2.45) is 5.10 Å². The van der Waals surface area contributed by atoms with Gasteiger partial charge in [-0.2, -0.15) is 5.10 Å². The van der Waals surface area contributed by atoms with Crippen LogP contribution in [-0.2, 0) is 10.0 Å². The first kappa shape index (κ1) is 22.8. The summed E-state index contributed by atoms with van der Waals surface area (Å²) in [6.07, 6.45) is 1.57. The zero-order chi connectivity index (χ0) is 24.3. The largest absolute Gasteiger partial charge is 0.495 e. The van der Waals surface area contributed by atoms with E-state index in [0.29, 0.717) is 5.75 Å². The zero-order valence-electron chi connectivity index (χ0n) is 18.3. The number of nitro benzene ring substituents is 1. The van der Waals surface area contributed by atoms with Crippen molar-refractivity contribution in [3.8, 4) is 5.75 Å². The summed E-state index contributed by atoms with van der Waals surface area (Å²) in [7, 11) is -2.83. The van der Waals surface area contributed by atoms with E-state index in [1.54, 1.807) is 24.4 Å². The Morgan fingerprint density at radius 1 is 1.06 bits per heavy atom. The molecule has 0 fully saturated rings. The number of hydrazone groups is 1. The maximum absolute atomic E-state index is 13.2. The molecule has 0 radical (unpaired) electrons. The number of aromatic amines is 1. The van der Waals surface area contributed by atoms with Gasteiger partial charge in [0.2, 0.25) is 0 Å². The Bertz CT molecular complexity index is 1510. The topological polar surface area (TPSA) is 139 Å². The van der Waals surface area contributed by atoms with Gasteiger partial charge < -0.3 is 9.72 Å². The molecule has 3 aromatic carbocycles. The van der Waals surface area contributed by atoms with E-state index < -0.39 is 14.9 Å². The Kier molecular flexibility index (Phi) is 6.19. The monoisotopic (exact) mass is 479 g/mol. The van der Waals surface area contributed by atoms with Crippen molar-refractivity contribution in [1.29, 1.82) is 0 Å². The molecule has 0 aliphatic rings. The average molecular weight is 480 g/mol. The molecule has 1 heterocycles. The summed E-state index contributed by atoms with van der Waals surface area (Å²) in [6, 6.07) is 17.6. The number of sulfonamides is 1. The number of para-hydroxylation sites is 3. The van der Waals surface area contributed by atoms with E-state index in [1.807, 2.05) is 31.2 Å². The van der Waals surface area contributed by atoms with Gasteiger partial charge in [-0.3, -0.25) is 20.3 Å². The number of hydrogen-bond donors (Lipinski definition) is 3. The molecular weight excluding hydrogens is 458 g/mol. The van der Waals surface area contributed by atoms with Gasteiger partial charge in [0.05, 0.1) is 29.6 Å². The smallest absolute Gasteiger partial charge is 0.270 e. The normalized spacial score (nSPS) is 11.6. The first-order valence-corrected chi connectivity index (χ1v) is 11.6. The molecule has 1 aromatic heterocycles. The van der Waals surface area contributed by atoms with Crippen LogP contribution in [0.5, 0.6) is 5.75 Å². The Hall–Kier alpha value is -4.38. The first-order valence-electron chi connectivity index (χ1n) is 10.1. The highest BCUT2D eigenvalue weighted by Gasteiger charge is 2.23. The number of fused-ring (bicyclic) bond motifs is 1. The van der Waals surface area contributed by atoms with E-state index in [4.69, 9.17) is 4.74 Å². The quantitative estimate of drug-likeness (QED) is 0.191. The molecule has 0 unspecified atom stereocenters. The molecule has 3 N–H and O–H groups in total. The maximum Gasteiger partial charge on any atom is 0.270 e. The van der Waals surface area contributed by atoms with Crippen molar-refractivity contribution >= 4 is 44.2 Å². The number of hydrogen-bond acceptors (Lipinski definition) is 7. The maximum atomic E-state index is 13.2. The van der Waals surface area contributed by atoms with Gasteiger partial charge in [-0.25, -0.2) is 8.42 Å². The second kappa shape index (κ2) is 9.24. The average Bonchev–Trinajstić information content (AvgIpc) is 3.14. The molecule has 0 bridgehead atoms. The van der Waals surface area contributed by atoms with Crippen molar-refractivity contribution in [3.05, 3.63) is 88.1 Å². The predicted molar refractivity (Wildman–Crippen MR) is 131 cm³/mol. The number of nitro groups is 1. The molecule has 10 nitrogen and oxygen atoms in total. The van der Waals surface area contributed by atoms with Crippen LogP contribution in [0.15, 0.2) is 76.7 Å². The summed E-state index contributed by atoms with van der Waals surface area (Å²) in [5.41, 5.74) is 5.28. The van der Waals surface area contributed by atoms with Crippen LogP contribution >= 0.6 is 0 Å². The van der Waals surface area contributed by atoms with E-state index in [9.17, 15) is 18.5 Å². The van der Waals surface area contributed by atoms with Gasteiger partial charge in [0.15, 0.2) is 0 Å². The van der Waals surface area contributed by atoms with Crippen molar-refractivity contribution in [3.63, 3.8) is 0 Å². The molecule has 0 saturated carbocycles. The van der Waals surface area contributed by atoms with Crippen molar-refractivity contribution < 1.29 is 18.1 Å². The molecule has 0 spiro atoms. The van der Waals surface area contributed by atoms with Crippen LogP contribution in [0.2, 0.25) is 0 Å². The van der Waals surface area contributed by atoms with Gasteiger partial charge in [-0.1, -0.05) is 30.3 Å². The Labute approximate surface area is 195 Å². The van der Waals surface area contributed by atoms with Crippen molar-refractivity contribution in [2.45, 2.75) is 11.8 Å². The molecule has 0 aliphatic carbocycles. The van der Waals surface area contributed by atoms with Crippen LogP contribution in [-0.4, -0.2) is 31.6 Å². The van der Waals surface area contributed by atoms with Gasteiger partial charge in [-0.05, 0) is 31.2 Å². The lowest BCUT2D eigenvalue weighted by Gasteiger charge is -2.14. The van der Waals surface area contributed by atoms with Gasteiger partial charge in [-0.15, -0.1) is 0 Å².